The van der Waals surface area contributed by atoms with Gasteiger partial charge in [0, 0.05) is 12.1 Å². The minimum absolute atomic E-state index is 0.0300. The van der Waals surface area contributed by atoms with E-state index in [0.29, 0.717) is 36.6 Å². The van der Waals surface area contributed by atoms with E-state index in [1.54, 1.807) is 30.9 Å². The maximum absolute atomic E-state index is 14.4. The maximum atomic E-state index is 14.4. The average molecular weight is 490 g/mol. The van der Waals surface area contributed by atoms with Gasteiger partial charge in [-0.1, -0.05) is 50.2 Å². The highest BCUT2D eigenvalue weighted by Crippen LogP contribution is 2.30. The lowest BCUT2D eigenvalue weighted by atomic mass is 9.98. The van der Waals surface area contributed by atoms with E-state index in [1.165, 1.54) is 10.6 Å². The van der Waals surface area contributed by atoms with Crippen LogP contribution in [-0.2, 0) is 6.54 Å². The average Bonchev–Trinajstić information content (AvgIpc) is 2.85. The van der Waals surface area contributed by atoms with Crippen molar-refractivity contribution >= 4 is 5.91 Å². The molecule has 2 aromatic carbocycles. The second kappa shape index (κ2) is 11.7. The van der Waals surface area contributed by atoms with Gasteiger partial charge in [0.2, 0.25) is 0 Å². The molecule has 1 heterocycles. The smallest absolute Gasteiger partial charge is 0.272 e. The summed E-state index contributed by atoms with van der Waals surface area (Å²) in [5, 5.41) is 9.62. The summed E-state index contributed by atoms with van der Waals surface area (Å²) in [7, 11) is 0. The summed E-state index contributed by atoms with van der Waals surface area (Å²) in [6.45, 7) is 7.98. The molecule has 0 fully saturated rings. The van der Waals surface area contributed by atoms with E-state index in [4.69, 9.17) is 10.7 Å². The monoisotopic (exact) mass is 489 g/mol. The van der Waals surface area contributed by atoms with Gasteiger partial charge < -0.3 is 10.6 Å². The number of aromatic nitrogens is 2. The van der Waals surface area contributed by atoms with Gasteiger partial charge in [-0.3, -0.25) is 14.2 Å². The summed E-state index contributed by atoms with van der Waals surface area (Å²) in [4.78, 5) is 33.5. The zero-order valence-corrected chi connectivity index (χ0v) is 21.2. The number of nitrogens with two attached hydrogens (primary N) is 1. The predicted molar refractivity (Wildman–Crippen MR) is 137 cm³/mol. The zero-order chi connectivity index (χ0) is 26.4. The third-order valence-corrected chi connectivity index (χ3v) is 6.19. The van der Waals surface area contributed by atoms with Gasteiger partial charge in [-0.05, 0) is 56.0 Å². The Morgan fingerprint density at radius 1 is 1.19 bits per heavy atom. The van der Waals surface area contributed by atoms with Crippen molar-refractivity contribution in [3.63, 3.8) is 0 Å². The second-order valence-electron chi connectivity index (χ2n) is 9.21. The van der Waals surface area contributed by atoms with Crippen LogP contribution < -0.4 is 11.3 Å². The summed E-state index contributed by atoms with van der Waals surface area (Å²) < 4.78 is 15.8. The summed E-state index contributed by atoms with van der Waals surface area (Å²) in [5.41, 5.74) is 7.12. The lowest BCUT2D eigenvalue weighted by Gasteiger charge is -2.35. The lowest BCUT2D eigenvalue weighted by molar-refractivity contribution is 0.0601. The molecule has 2 N–H and O–H groups in total. The highest BCUT2D eigenvalue weighted by molar-refractivity contribution is 5.94. The van der Waals surface area contributed by atoms with Crippen molar-refractivity contribution in [2.24, 2.45) is 11.7 Å². The van der Waals surface area contributed by atoms with Crippen molar-refractivity contribution < 1.29 is 9.18 Å². The molecule has 0 saturated carbocycles. The standard InChI is InChI=1S/C28H32FN5O2/c1-18(2)25(33(14-8-13-30)27(35)22-12-11-19(3)24(29)15-22)26-32-20(4)23(16-31)28(36)34(26)17-21-9-6-5-7-10-21/h5-7,9-12,15,18,25H,8,13-14,17,30H2,1-4H3. The lowest BCUT2D eigenvalue weighted by Crippen LogP contribution is -2.43. The Bertz CT molecular complexity index is 1330. The molecule has 3 aromatic rings. The van der Waals surface area contributed by atoms with E-state index >= 15 is 0 Å². The fraction of sp³-hybridized carbons (Fsp3) is 0.357. The maximum Gasteiger partial charge on any atom is 0.272 e. The summed E-state index contributed by atoms with van der Waals surface area (Å²) >= 11 is 0. The molecule has 0 saturated heterocycles. The number of nitrogens with zero attached hydrogens (tertiary/aromatic N) is 4. The Balaban J connectivity index is 2.22. The van der Waals surface area contributed by atoms with E-state index in [2.05, 4.69) is 0 Å². The molecule has 7 nitrogen and oxygen atoms in total. The Morgan fingerprint density at radius 3 is 2.47 bits per heavy atom. The second-order valence-corrected chi connectivity index (χ2v) is 9.21. The zero-order valence-electron chi connectivity index (χ0n) is 21.2. The molecule has 0 aliphatic heterocycles. The van der Waals surface area contributed by atoms with Crippen molar-refractivity contribution in [3.8, 4) is 6.07 Å². The molecule has 36 heavy (non-hydrogen) atoms. The van der Waals surface area contributed by atoms with Gasteiger partial charge in [0.25, 0.3) is 11.5 Å². The van der Waals surface area contributed by atoms with Crippen LogP contribution in [0.1, 0.15) is 64.9 Å². The largest absolute Gasteiger partial charge is 0.330 e. The number of carbonyl (C=O) groups excluding carboxylic acids is 1. The van der Waals surface area contributed by atoms with Crippen molar-refractivity contribution in [3.05, 3.63) is 98.5 Å². The molecule has 1 aromatic heterocycles. The molecular weight excluding hydrogens is 457 g/mol. The van der Waals surface area contributed by atoms with Crippen LogP contribution in [0, 0.1) is 36.9 Å². The van der Waals surface area contributed by atoms with Gasteiger partial charge in [0.05, 0.1) is 18.3 Å². The van der Waals surface area contributed by atoms with Gasteiger partial charge in [-0.25, -0.2) is 9.37 Å². The van der Waals surface area contributed by atoms with Crippen LogP contribution >= 0.6 is 0 Å². The normalized spacial score (nSPS) is 11.8. The molecule has 1 unspecified atom stereocenters. The highest BCUT2D eigenvalue weighted by atomic mass is 19.1. The Hall–Kier alpha value is -3.83. The van der Waals surface area contributed by atoms with E-state index in [0.717, 1.165) is 5.56 Å². The van der Waals surface area contributed by atoms with Crippen LogP contribution in [0.3, 0.4) is 0 Å². The number of benzene rings is 2. The number of nitriles is 1. The van der Waals surface area contributed by atoms with Crippen LogP contribution in [0.15, 0.2) is 53.3 Å². The molecule has 0 aliphatic carbocycles. The van der Waals surface area contributed by atoms with Crippen molar-refractivity contribution in [2.45, 2.75) is 46.7 Å². The first-order valence-corrected chi connectivity index (χ1v) is 12.0. The van der Waals surface area contributed by atoms with E-state index < -0.39 is 17.4 Å². The van der Waals surface area contributed by atoms with E-state index in [1.807, 2.05) is 50.2 Å². The first-order valence-electron chi connectivity index (χ1n) is 12.0. The molecule has 0 radical (unpaired) electrons. The Morgan fingerprint density at radius 2 is 1.89 bits per heavy atom. The summed E-state index contributed by atoms with van der Waals surface area (Å²) in [6, 6.07) is 15.2. The molecule has 8 heteroatoms. The number of carbonyl (C=O) groups is 1. The van der Waals surface area contributed by atoms with E-state index in [-0.39, 0.29) is 29.5 Å². The van der Waals surface area contributed by atoms with Crippen LogP contribution in [0.4, 0.5) is 4.39 Å². The first kappa shape index (κ1) is 26.8. The summed E-state index contributed by atoms with van der Waals surface area (Å²) in [5.74, 6) is -0.603. The predicted octanol–water partition coefficient (Wildman–Crippen LogP) is 4.11. The van der Waals surface area contributed by atoms with Crippen molar-refractivity contribution in [1.82, 2.24) is 14.5 Å². The number of hydrogen-bond donors (Lipinski definition) is 1. The fourth-order valence-electron chi connectivity index (χ4n) is 4.27. The van der Waals surface area contributed by atoms with Gasteiger partial charge in [0.15, 0.2) is 0 Å². The molecule has 3 rings (SSSR count). The molecular formula is C28H32FN5O2. The number of halogens is 1. The minimum Gasteiger partial charge on any atom is -0.330 e. The molecule has 0 spiro atoms. The third-order valence-electron chi connectivity index (χ3n) is 6.19. The number of hydrogen-bond acceptors (Lipinski definition) is 5. The van der Waals surface area contributed by atoms with Crippen molar-refractivity contribution in [1.29, 1.82) is 5.26 Å². The number of rotatable bonds is 9. The molecule has 1 amide bonds. The molecule has 0 bridgehead atoms. The minimum atomic E-state index is -0.615. The van der Waals surface area contributed by atoms with Gasteiger partial charge in [-0.2, -0.15) is 5.26 Å². The SMILES string of the molecule is Cc1ccc(C(=O)N(CCCN)C(c2nc(C)c(C#N)c(=O)n2Cc2ccccc2)C(C)C)cc1F. The number of aryl methyl sites for hydroxylation is 2. The molecule has 0 aliphatic rings. The Labute approximate surface area is 211 Å². The quantitative estimate of drug-likeness (QED) is 0.487. The van der Waals surface area contributed by atoms with Crippen molar-refractivity contribution in [2.75, 3.05) is 13.1 Å². The van der Waals surface area contributed by atoms with Gasteiger partial charge >= 0.3 is 0 Å². The first-order chi connectivity index (χ1) is 17.2. The van der Waals surface area contributed by atoms with Gasteiger partial charge in [0.1, 0.15) is 23.3 Å². The highest BCUT2D eigenvalue weighted by Gasteiger charge is 2.33. The molecule has 188 valence electrons. The number of amides is 1. The van der Waals surface area contributed by atoms with Crippen LogP contribution in [0.5, 0.6) is 0 Å². The summed E-state index contributed by atoms with van der Waals surface area (Å²) in [6.07, 6.45) is 0.515. The molecule has 1 atom stereocenters. The van der Waals surface area contributed by atoms with Crippen LogP contribution in [-0.4, -0.2) is 33.4 Å². The third kappa shape index (κ3) is 5.69. The van der Waals surface area contributed by atoms with Crippen LogP contribution in [0.25, 0.3) is 0 Å². The van der Waals surface area contributed by atoms with E-state index in [9.17, 15) is 19.2 Å². The van der Waals surface area contributed by atoms with Gasteiger partial charge in [-0.15, -0.1) is 0 Å². The fourth-order valence-corrected chi connectivity index (χ4v) is 4.27. The Kier molecular flexibility index (Phi) is 8.73. The topological polar surface area (TPSA) is 105 Å². The van der Waals surface area contributed by atoms with Crippen LogP contribution in [0.2, 0.25) is 0 Å².